The molecule has 0 spiro atoms. The predicted molar refractivity (Wildman–Crippen MR) is 187 cm³/mol. The van der Waals surface area contributed by atoms with Crippen LogP contribution in [0.5, 0.6) is 0 Å². The average Bonchev–Trinajstić information content (AvgIpc) is 3.66. The van der Waals surface area contributed by atoms with Crippen LogP contribution in [0.25, 0.3) is 94.0 Å². The van der Waals surface area contributed by atoms with E-state index in [4.69, 9.17) is 19.4 Å². The highest BCUT2D eigenvalue weighted by Crippen LogP contribution is 2.42. The first kappa shape index (κ1) is 25.0. The summed E-state index contributed by atoms with van der Waals surface area (Å²) in [5, 5.41) is 9.11. The van der Waals surface area contributed by atoms with Gasteiger partial charge in [-0.25, -0.2) is 4.98 Å². The molecule has 0 N–H and O–H groups in total. The Kier molecular flexibility index (Phi) is 5.22. The van der Waals surface area contributed by atoms with Gasteiger partial charge in [0.1, 0.15) is 11.2 Å². The summed E-state index contributed by atoms with van der Waals surface area (Å²) in [6.07, 6.45) is 0. The molecule has 10 rings (SSSR count). The largest absolute Gasteiger partial charge is 0.456 e. The summed E-state index contributed by atoms with van der Waals surface area (Å²) in [7, 11) is 0. The average molecular weight is 589 g/mol. The number of fused-ring (bicyclic) bond motifs is 10. The number of rotatable bonds is 3. The Bertz CT molecular complexity index is 2740. The lowest BCUT2D eigenvalue weighted by Crippen LogP contribution is -2.06. The number of furan rings is 1. The molecule has 46 heavy (non-hydrogen) atoms. The molecule has 0 amide bonds. The lowest BCUT2D eigenvalue weighted by atomic mass is 10.0. The Hall–Kier alpha value is -6.33. The van der Waals surface area contributed by atoms with Gasteiger partial charge in [-0.3, -0.25) is 4.57 Å². The van der Waals surface area contributed by atoms with E-state index in [0.29, 0.717) is 17.6 Å². The Morgan fingerprint density at radius 2 is 1.00 bits per heavy atom. The molecule has 0 saturated heterocycles. The van der Waals surface area contributed by atoms with Gasteiger partial charge in [-0.1, -0.05) is 121 Å². The van der Waals surface area contributed by atoms with E-state index in [1.54, 1.807) is 0 Å². The van der Waals surface area contributed by atoms with Crippen LogP contribution in [-0.4, -0.2) is 19.5 Å². The highest BCUT2D eigenvalue weighted by Gasteiger charge is 2.21. The normalized spacial score (nSPS) is 11.9. The SMILES string of the molecule is c1ccc(-c2nc(-c3ccccc3)nc(-n3c4cc5c(cc4c4c6ccccc6ccc43)oc3ccc4ccccc4c35)n2)cc1. The van der Waals surface area contributed by atoms with Crippen molar-refractivity contribution in [3.8, 4) is 28.7 Å². The molecule has 0 aliphatic rings. The molecule has 0 atom stereocenters. The number of hydrogen-bond acceptors (Lipinski definition) is 4. The van der Waals surface area contributed by atoms with Crippen LogP contribution in [0.2, 0.25) is 0 Å². The summed E-state index contributed by atoms with van der Waals surface area (Å²) in [4.78, 5) is 15.3. The number of aromatic nitrogens is 4. The van der Waals surface area contributed by atoms with Crippen molar-refractivity contribution < 1.29 is 4.42 Å². The zero-order chi connectivity index (χ0) is 30.2. The molecular weight excluding hydrogens is 564 g/mol. The summed E-state index contributed by atoms with van der Waals surface area (Å²) in [6.45, 7) is 0. The van der Waals surface area contributed by atoms with Crippen molar-refractivity contribution in [3.05, 3.63) is 146 Å². The fraction of sp³-hybridized carbons (Fsp3) is 0. The molecule has 7 aromatic carbocycles. The van der Waals surface area contributed by atoms with E-state index in [1.807, 2.05) is 60.7 Å². The van der Waals surface area contributed by atoms with Crippen molar-refractivity contribution in [1.29, 1.82) is 0 Å². The Labute approximate surface area is 263 Å². The van der Waals surface area contributed by atoms with Crippen LogP contribution < -0.4 is 0 Å². The maximum absolute atomic E-state index is 6.55. The monoisotopic (exact) mass is 588 g/mol. The first-order valence-electron chi connectivity index (χ1n) is 15.4. The van der Waals surface area contributed by atoms with Gasteiger partial charge in [-0.05, 0) is 45.8 Å². The van der Waals surface area contributed by atoms with Crippen molar-refractivity contribution >= 4 is 65.3 Å². The second-order valence-electron chi connectivity index (χ2n) is 11.7. The van der Waals surface area contributed by atoms with Crippen LogP contribution in [0.4, 0.5) is 0 Å². The van der Waals surface area contributed by atoms with Gasteiger partial charge >= 0.3 is 0 Å². The lowest BCUT2D eigenvalue weighted by molar-refractivity contribution is 0.670. The van der Waals surface area contributed by atoms with Crippen molar-refractivity contribution in [2.45, 2.75) is 0 Å². The molecule has 214 valence electrons. The molecule has 0 saturated carbocycles. The summed E-state index contributed by atoms with van der Waals surface area (Å²) >= 11 is 0. The Balaban J connectivity index is 1.38. The van der Waals surface area contributed by atoms with E-state index in [1.165, 1.54) is 21.5 Å². The van der Waals surface area contributed by atoms with Crippen LogP contribution in [0.15, 0.2) is 150 Å². The van der Waals surface area contributed by atoms with E-state index < -0.39 is 0 Å². The molecule has 0 radical (unpaired) electrons. The minimum Gasteiger partial charge on any atom is -0.456 e. The molecule has 10 aromatic rings. The third kappa shape index (κ3) is 3.66. The van der Waals surface area contributed by atoms with E-state index in [0.717, 1.165) is 54.9 Å². The summed E-state index contributed by atoms with van der Waals surface area (Å²) in [6, 6.07) is 50.3. The van der Waals surface area contributed by atoms with Gasteiger partial charge in [0.15, 0.2) is 11.6 Å². The van der Waals surface area contributed by atoms with Crippen molar-refractivity contribution in [2.24, 2.45) is 0 Å². The van der Waals surface area contributed by atoms with Gasteiger partial charge in [0, 0.05) is 32.7 Å². The number of nitrogens with zero attached hydrogens (tertiary/aromatic N) is 4. The Morgan fingerprint density at radius 1 is 0.413 bits per heavy atom. The maximum atomic E-state index is 6.55. The van der Waals surface area contributed by atoms with Crippen LogP contribution in [0.1, 0.15) is 0 Å². The molecular formula is C41H24N4O. The van der Waals surface area contributed by atoms with Crippen LogP contribution in [0, 0.1) is 0 Å². The van der Waals surface area contributed by atoms with Gasteiger partial charge in [-0.2, -0.15) is 9.97 Å². The summed E-state index contributed by atoms with van der Waals surface area (Å²) in [5.41, 5.74) is 5.64. The molecule has 5 nitrogen and oxygen atoms in total. The molecule has 3 heterocycles. The molecule has 3 aromatic heterocycles. The van der Waals surface area contributed by atoms with Crippen LogP contribution in [-0.2, 0) is 0 Å². The molecule has 0 fully saturated rings. The van der Waals surface area contributed by atoms with E-state index in [2.05, 4.69) is 89.5 Å². The van der Waals surface area contributed by atoms with Crippen molar-refractivity contribution in [2.75, 3.05) is 0 Å². The quantitative estimate of drug-likeness (QED) is 0.206. The molecule has 0 bridgehead atoms. The Morgan fingerprint density at radius 3 is 1.67 bits per heavy atom. The summed E-state index contributed by atoms with van der Waals surface area (Å²) < 4.78 is 8.74. The molecule has 0 unspecified atom stereocenters. The highest BCUT2D eigenvalue weighted by molar-refractivity contribution is 6.26. The fourth-order valence-corrected chi connectivity index (χ4v) is 6.94. The van der Waals surface area contributed by atoms with Gasteiger partial charge in [0.05, 0.1) is 11.0 Å². The van der Waals surface area contributed by atoms with E-state index in [9.17, 15) is 0 Å². The van der Waals surface area contributed by atoms with Crippen LogP contribution in [0.3, 0.4) is 0 Å². The second kappa shape index (κ2) is 9.58. The first-order valence-corrected chi connectivity index (χ1v) is 15.4. The van der Waals surface area contributed by atoms with E-state index >= 15 is 0 Å². The molecule has 0 aliphatic heterocycles. The molecule has 5 heteroatoms. The minimum absolute atomic E-state index is 0.569. The fourth-order valence-electron chi connectivity index (χ4n) is 6.94. The van der Waals surface area contributed by atoms with Crippen LogP contribution >= 0.6 is 0 Å². The minimum atomic E-state index is 0.569. The van der Waals surface area contributed by atoms with Crippen molar-refractivity contribution in [3.63, 3.8) is 0 Å². The second-order valence-corrected chi connectivity index (χ2v) is 11.7. The van der Waals surface area contributed by atoms with E-state index in [-0.39, 0.29) is 0 Å². The number of benzene rings is 7. The zero-order valence-electron chi connectivity index (χ0n) is 24.6. The molecule has 0 aliphatic carbocycles. The van der Waals surface area contributed by atoms with Gasteiger partial charge in [0.25, 0.3) is 0 Å². The lowest BCUT2D eigenvalue weighted by Gasteiger charge is -2.11. The summed E-state index contributed by atoms with van der Waals surface area (Å²) in [5.74, 6) is 1.82. The van der Waals surface area contributed by atoms with Gasteiger partial charge in [0.2, 0.25) is 5.95 Å². The third-order valence-corrected chi connectivity index (χ3v) is 9.02. The zero-order valence-corrected chi connectivity index (χ0v) is 24.6. The maximum Gasteiger partial charge on any atom is 0.238 e. The highest BCUT2D eigenvalue weighted by atomic mass is 16.3. The topological polar surface area (TPSA) is 56.7 Å². The smallest absolute Gasteiger partial charge is 0.238 e. The first-order chi connectivity index (χ1) is 22.8. The van der Waals surface area contributed by atoms with Gasteiger partial charge in [-0.15, -0.1) is 0 Å². The van der Waals surface area contributed by atoms with Crippen molar-refractivity contribution in [1.82, 2.24) is 19.5 Å². The standard InChI is InChI=1S/C41H24N4O/c1-3-13-27(14-4-1)39-42-40(28-15-5-2-6-16-28)44-41(43-39)45-33-21-19-25-11-7-9-17-29(25)37(33)31-24-36-32(23-34(31)45)38-30-18-10-8-12-26(30)20-22-35(38)46-36/h1-24H. The number of hydrogen-bond donors (Lipinski definition) is 0. The predicted octanol–water partition coefficient (Wildman–Crippen LogP) is 10.5. The third-order valence-electron chi connectivity index (χ3n) is 9.02. The van der Waals surface area contributed by atoms with Gasteiger partial charge < -0.3 is 4.42 Å².